The molecule has 2 aromatic carbocycles. The molecule has 0 unspecified atom stereocenters. The van der Waals surface area contributed by atoms with Crippen LogP contribution in [-0.2, 0) is 16.2 Å². The van der Waals surface area contributed by atoms with Gasteiger partial charge in [0.05, 0.1) is 11.0 Å². The number of rotatable bonds is 12. The van der Waals surface area contributed by atoms with Gasteiger partial charge in [0, 0.05) is 68.5 Å². The van der Waals surface area contributed by atoms with Crippen molar-refractivity contribution in [2.75, 3.05) is 52.4 Å². The first-order valence-electron chi connectivity index (χ1n) is 20.2. The Hall–Kier alpha value is -3.91. The molecular weight excluding hydrogens is 716 g/mol. The molecular formula is C42H57FN6O5Si. The number of Topliss-reactive ketones (excluding diaryl/α,β-unsaturated/α-hetero) is 1. The van der Waals surface area contributed by atoms with Crippen molar-refractivity contribution in [3.8, 4) is 0 Å². The smallest absolute Gasteiger partial charge is 0.410 e. The Morgan fingerprint density at radius 3 is 2.44 bits per heavy atom. The molecule has 0 spiro atoms. The van der Waals surface area contributed by atoms with Crippen molar-refractivity contribution in [1.29, 1.82) is 0 Å². The number of pyridine rings is 1. The number of fused-ring (bicyclic) bond motifs is 2. The van der Waals surface area contributed by atoms with E-state index in [4.69, 9.17) is 14.6 Å². The predicted octanol–water partition coefficient (Wildman–Crippen LogP) is 7.16. The Balaban J connectivity index is 1.04. The topological polar surface area (TPSA) is 113 Å². The van der Waals surface area contributed by atoms with Crippen LogP contribution in [0.25, 0.3) is 21.8 Å². The number of piperidine rings is 3. The molecule has 55 heavy (non-hydrogen) atoms. The van der Waals surface area contributed by atoms with Crippen molar-refractivity contribution in [3.05, 3.63) is 75.5 Å². The summed E-state index contributed by atoms with van der Waals surface area (Å²) in [5.74, 6) is -0.766. The van der Waals surface area contributed by atoms with E-state index in [1.54, 1.807) is 27.8 Å². The van der Waals surface area contributed by atoms with Gasteiger partial charge in [-0.1, -0.05) is 38.2 Å². The van der Waals surface area contributed by atoms with Crippen molar-refractivity contribution < 1.29 is 23.5 Å². The van der Waals surface area contributed by atoms with E-state index in [0.29, 0.717) is 68.4 Å². The van der Waals surface area contributed by atoms with Crippen LogP contribution in [0, 0.1) is 12.7 Å². The highest BCUT2D eigenvalue weighted by Crippen LogP contribution is 2.29. The van der Waals surface area contributed by atoms with E-state index in [-0.39, 0.29) is 22.8 Å². The first-order chi connectivity index (χ1) is 26.4. The van der Waals surface area contributed by atoms with Crippen LogP contribution in [0.3, 0.4) is 0 Å². The van der Waals surface area contributed by atoms with E-state index in [1.807, 2.05) is 25.3 Å². The first kappa shape index (κ1) is 39.3. The van der Waals surface area contributed by atoms with Gasteiger partial charge in [-0.25, -0.2) is 13.9 Å². The van der Waals surface area contributed by atoms with Crippen LogP contribution in [0.5, 0.6) is 0 Å². The SMILES string of the molecule is Cc1cc(C(=O)[C@@H](CN2CCC(N3CCCCC3)CC2)OC(=O)N2CCC(c3cc4cccc(F)c4[nH]c3=O)CC2)cc2cn(COCC[Si](C)(C)C)nc12. The van der Waals surface area contributed by atoms with Gasteiger partial charge < -0.3 is 24.3 Å². The molecule has 1 amide bonds. The molecule has 7 rings (SSSR count). The molecule has 13 heteroatoms. The van der Waals surface area contributed by atoms with Gasteiger partial charge in [-0.2, -0.15) is 5.10 Å². The number of halogens is 1. The minimum absolute atomic E-state index is 0.0829. The number of carbonyl (C=O) groups is 2. The van der Waals surface area contributed by atoms with Crippen LogP contribution in [0.15, 0.2) is 47.4 Å². The number of amides is 1. The molecule has 0 saturated carbocycles. The lowest BCUT2D eigenvalue weighted by Crippen LogP contribution is -2.50. The van der Waals surface area contributed by atoms with Crippen LogP contribution in [0.4, 0.5) is 9.18 Å². The van der Waals surface area contributed by atoms with Gasteiger partial charge in [0.25, 0.3) is 5.56 Å². The van der Waals surface area contributed by atoms with E-state index in [9.17, 15) is 18.8 Å². The third-order valence-corrected chi connectivity index (χ3v) is 13.5. The second kappa shape index (κ2) is 17.1. The molecule has 0 radical (unpaired) electrons. The molecule has 296 valence electrons. The fourth-order valence-electron chi connectivity index (χ4n) is 8.53. The summed E-state index contributed by atoms with van der Waals surface area (Å²) >= 11 is 0. The standard InChI is InChI=1S/C42H57FN6O5Si/c1-29-23-32(24-33-26-49(45-38(29)33)28-53-21-22-55(2,3)4)40(50)37(27-46-17-13-34(14-18-46)47-15-6-5-7-16-47)54-42(52)48-19-11-30(12-20-48)35-25-31-9-8-10-36(43)39(31)44-41(35)51/h8-10,23-26,30,34,37H,5-7,11-22,27-28H2,1-4H3,(H,44,51)/t37-/m1/s1. The van der Waals surface area contributed by atoms with E-state index in [0.717, 1.165) is 61.5 Å². The molecule has 3 fully saturated rings. The lowest BCUT2D eigenvalue weighted by Gasteiger charge is -2.41. The van der Waals surface area contributed by atoms with Gasteiger partial charge in [0.2, 0.25) is 5.78 Å². The van der Waals surface area contributed by atoms with E-state index >= 15 is 0 Å². The van der Waals surface area contributed by atoms with Gasteiger partial charge in [0.15, 0.2) is 6.10 Å². The molecule has 5 heterocycles. The summed E-state index contributed by atoms with van der Waals surface area (Å²) in [7, 11) is -1.21. The zero-order valence-electron chi connectivity index (χ0n) is 32.9. The Morgan fingerprint density at radius 2 is 1.71 bits per heavy atom. The Labute approximate surface area is 324 Å². The molecule has 3 aliphatic rings. The number of aromatic nitrogens is 3. The van der Waals surface area contributed by atoms with Crippen molar-refractivity contribution in [2.45, 2.75) is 102 Å². The Kier molecular flexibility index (Phi) is 12.2. The third-order valence-electron chi connectivity index (χ3n) is 11.8. The number of ketones is 1. The lowest BCUT2D eigenvalue weighted by molar-refractivity contribution is 0.0244. The molecule has 3 saturated heterocycles. The highest BCUT2D eigenvalue weighted by Gasteiger charge is 2.34. The number of ether oxygens (including phenoxy) is 2. The summed E-state index contributed by atoms with van der Waals surface area (Å²) in [6, 6.07) is 11.9. The van der Waals surface area contributed by atoms with Crippen LogP contribution in [0.1, 0.15) is 72.3 Å². The number of nitrogens with zero attached hydrogens (tertiary/aromatic N) is 5. The molecule has 1 atom stereocenters. The Morgan fingerprint density at radius 1 is 0.964 bits per heavy atom. The number of H-pyrrole nitrogens is 1. The highest BCUT2D eigenvalue weighted by atomic mass is 28.3. The number of para-hydroxylation sites is 1. The number of benzene rings is 2. The maximum absolute atomic E-state index is 14.4. The summed E-state index contributed by atoms with van der Waals surface area (Å²) in [4.78, 5) is 50.5. The molecule has 4 aromatic rings. The fraction of sp³-hybridized carbons (Fsp3) is 0.571. The average molecular weight is 773 g/mol. The van der Waals surface area contributed by atoms with Crippen LogP contribution in [0.2, 0.25) is 25.7 Å². The monoisotopic (exact) mass is 772 g/mol. The fourth-order valence-corrected chi connectivity index (χ4v) is 9.29. The maximum atomic E-state index is 14.4. The minimum atomic E-state index is -1.21. The largest absolute Gasteiger partial charge is 0.436 e. The molecule has 0 bridgehead atoms. The van der Waals surface area contributed by atoms with E-state index in [2.05, 4.69) is 34.4 Å². The molecule has 0 aliphatic carbocycles. The number of aromatic amines is 1. The van der Waals surface area contributed by atoms with Gasteiger partial charge in [0.1, 0.15) is 12.5 Å². The zero-order valence-corrected chi connectivity index (χ0v) is 33.9. The van der Waals surface area contributed by atoms with Gasteiger partial charge in [-0.3, -0.25) is 14.5 Å². The van der Waals surface area contributed by atoms with Crippen LogP contribution < -0.4 is 5.56 Å². The first-order valence-corrected chi connectivity index (χ1v) is 24.0. The lowest BCUT2D eigenvalue weighted by atomic mass is 9.89. The number of hydrogen-bond donors (Lipinski definition) is 1. The van der Waals surface area contributed by atoms with Crippen molar-refractivity contribution in [1.82, 2.24) is 29.5 Å². The number of nitrogens with one attached hydrogen (secondary N) is 1. The summed E-state index contributed by atoms with van der Waals surface area (Å²) < 4.78 is 28.2. The predicted molar refractivity (Wildman–Crippen MR) is 216 cm³/mol. The van der Waals surface area contributed by atoms with Crippen molar-refractivity contribution >= 4 is 41.8 Å². The van der Waals surface area contributed by atoms with Crippen LogP contribution >= 0.6 is 0 Å². The number of likely N-dealkylation sites (tertiary alicyclic amines) is 3. The van der Waals surface area contributed by atoms with Crippen molar-refractivity contribution in [2.24, 2.45) is 0 Å². The van der Waals surface area contributed by atoms with Crippen molar-refractivity contribution in [3.63, 3.8) is 0 Å². The summed E-state index contributed by atoms with van der Waals surface area (Å²) in [5.41, 5.74) is 2.68. The van der Waals surface area contributed by atoms with Gasteiger partial charge in [-0.05, 0) is 113 Å². The second-order valence-corrected chi connectivity index (χ2v) is 22.8. The normalized spacial score (nSPS) is 19.0. The quantitative estimate of drug-likeness (QED) is 0.0918. The summed E-state index contributed by atoms with van der Waals surface area (Å²) in [5, 5.41) is 6.23. The summed E-state index contributed by atoms with van der Waals surface area (Å²) in [6.07, 6.45) is 7.44. The maximum Gasteiger partial charge on any atom is 0.410 e. The second-order valence-electron chi connectivity index (χ2n) is 17.1. The number of carbonyl (C=O) groups excluding carboxylic acids is 2. The molecule has 1 N–H and O–H groups in total. The highest BCUT2D eigenvalue weighted by molar-refractivity contribution is 6.76. The minimum Gasteiger partial charge on any atom is -0.436 e. The Bertz CT molecular complexity index is 2040. The molecule has 2 aromatic heterocycles. The number of aryl methyl sites for hydroxylation is 1. The van der Waals surface area contributed by atoms with E-state index < -0.39 is 26.1 Å². The molecule has 11 nitrogen and oxygen atoms in total. The van der Waals surface area contributed by atoms with Gasteiger partial charge >= 0.3 is 6.09 Å². The molecule has 3 aliphatic heterocycles. The average Bonchev–Trinajstić information content (AvgIpc) is 3.60. The third kappa shape index (κ3) is 9.56. The van der Waals surface area contributed by atoms with Crippen LogP contribution in [-0.4, -0.2) is 114 Å². The van der Waals surface area contributed by atoms with E-state index in [1.165, 1.54) is 25.3 Å². The van der Waals surface area contributed by atoms with Gasteiger partial charge in [-0.15, -0.1) is 0 Å². The number of hydrogen-bond acceptors (Lipinski definition) is 8. The summed E-state index contributed by atoms with van der Waals surface area (Å²) in [6.45, 7) is 15.1. The zero-order chi connectivity index (χ0) is 38.7.